The topological polar surface area (TPSA) is 32.3 Å². The maximum Gasteiger partial charge on any atom is 0.0431 e. The van der Waals surface area contributed by atoms with E-state index in [9.17, 15) is 0 Å². The highest BCUT2D eigenvalue weighted by Gasteiger charge is 2.10. The average molecular weight is 171 g/mol. The Morgan fingerprint density at radius 1 is 1.25 bits per heavy atom. The van der Waals surface area contributed by atoms with E-state index in [-0.39, 0.29) is 0 Å². The Hall–Kier alpha value is -0.0800. The second-order valence-corrected chi connectivity index (χ2v) is 3.79. The van der Waals surface area contributed by atoms with E-state index < -0.39 is 0 Å². The van der Waals surface area contributed by atoms with Crippen LogP contribution in [0.4, 0.5) is 0 Å². The second-order valence-electron chi connectivity index (χ2n) is 3.79. The van der Waals surface area contributed by atoms with Gasteiger partial charge in [0.1, 0.15) is 0 Å². The molecular formula is C10H21NO. The van der Waals surface area contributed by atoms with Gasteiger partial charge in [-0.2, -0.15) is 0 Å². The fraction of sp³-hybridized carbons (Fsp3) is 1.00. The minimum absolute atomic E-state index is 0.361. The molecule has 1 heterocycles. The molecule has 1 unspecified atom stereocenters. The summed E-state index contributed by atoms with van der Waals surface area (Å²) in [5.74, 6) is 0.874. The zero-order valence-corrected chi connectivity index (χ0v) is 7.89. The molecule has 0 aromatic heterocycles. The maximum atomic E-state index is 8.64. The lowest BCUT2D eigenvalue weighted by Crippen LogP contribution is -2.20. The van der Waals surface area contributed by atoms with Crippen molar-refractivity contribution in [3.63, 3.8) is 0 Å². The lowest BCUT2D eigenvalue weighted by molar-refractivity contribution is 0.276. The average Bonchev–Trinajstić information content (AvgIpc) is 2.33. The van der Waals surface area contributed by atoms with Crippen LogP contribution in [0, 0.1) is 5.92 Å². The van der Waals surface area contributed by atoms with E-state index in [4.69, 9.17) is 5.11 Å². The third-order valence-electron chi connectivity index (χ3n) is 2.67. The van der Waals surface area contributed by atoms with Gasteiger partial charge in [-0.15, -0.1) is 0 Å². The first-order valence-corrected chi connectivity index (χ1v) is 5.25. The minimum Gasteiger partial charge on any atom is -0.396 e. The second kappa shape index (κ2) is 6.44. The van der Waals surface area contributed by atoms with Crippen LogP contribution in [-0.2, 0) is 0 Å². The van der Waals surface area contributed by atoms with E-state index in [0.717, 1.165) is 12.3 Å². The Morgan fingerprint density at radius 2 is 2.17 bits per heavy atom. The van der Waals surface area contributed by atoms with Gasteiger partial charge < -0.3 is 10.4 Å². The number of aliphatic hydroxyl groups excluding tert-OH is 1. The first-order valence-electron chi connectivity index (χ1n) is 5.25. The number of nitrogens with one attached hydrogen (secondary N) is 1. The Kier molecular flexibility index (Phi) is 5.37. The van der Waals surface area contributed by atoms with Gasteiger partial charge >= 0.3 is 0 Å². The van der Waals surface area contributed by atoms with Gasteiger partial charge in [0.2, 0.25) is 0 Å². The number of rotatable bonds is 4. The molecule has 0 radical (unpaired) electrons. The van der Waals surface area contributed by atoms with Crippen molar-refractivity contribution in [2.45, 2.75) is 38.5 Å². The molecule has 0 saturated carbocycles. The minimum atomic E-state index is 0.361. The molecule has 1 atom stereocenters. The van der Waals surface area contributed by atoms with Crippen molar-refractivity contribution < 1.29 is 5.11 Å². The zero-order valence-electron chi connectivity index (χ0n) is 7.89. The van der Waals surface area contributed by atoms with Crippen LogP contribution in [0.1, 0.15) is 38.5 Å². The fourth-order valence-corrected chi connectivity index (χ4v) is 1.88. The van der Waals surface area contributed by atoms with Crippen LogP contribution < -0.4 is 5.32 Å². The first-order chi connectivity index (χ1) is 5.93. The molecule has 0 amide bonds. The Labute approximate surface area is 75.4 Å². The molecule has 2 nitrogen and oxygen atoms in total. The number of hydrogen-bond acceptors (Lipinski definition) is 2. The molecule has 2 heteroatoms. The molecule has 12 heavy (non-hydrogen) atoms. The molecule has 0 aliphatic carbocycles. The number of aliphatic hydroxyl groups is 1. The highest BCUT2D eigenvalue weighted by atomic mass is 16.2. The third-order valence-corrected chi connectivity index (χ3v) is 2.67. The molecule has 1 aliphatic heterocycles. The molecule has 72 valence electrons. The summed E-state index contributed by atoms with van der Waals surface area (Å²) >= 11 is 0. The molecule has 1 saturated heterocycles. The van der Waals surface area contributed by atoms with Crippen LogP contribution in [0.2, 0.25) is 0 Å². The van der Waals surface area contributed by atoms with Gasteiger partial charge in [-0.05, 0) is 44.7 Å². The van der Waals surface area contributed by atoms with Crippen molar-refractivity contribution in [2.24, 2.45) is 5.92 Å². The van der Waals surface area contributed by atoms with Crippen LogP contribution in [-0.4, -0.2) is 24.8 Å². The van der Waals surface area contributed by atoms with Crippen molar-refractivity contribution >= 4 is 0 Å². The summed E-state index contributed by atoms with van der Waals surface area (Å²) in [5, 5.41) is 12.1. The summed E-state index contributed by atoms with van der Waals surface area (Å²) in [6.45, 7) is 2.77. The molecule has 0 spiro atoms. The third kappa shape index (κ3) is 4.07. The van der Waals surface area contributed by atoms with Crippen LogP contribution in [0.15, 0.2) is 0 Å². The molecular weight excluding hydrogens is 150 g/mol. The largest absolute Gasteiger partial charge is 0.396 e. The van der Waals surface area contributed by atoms with E-state index in [0.29, 0.717) is 6.61 Å². The number of unbranched alkanes of at least 4 members (excludes halogenated alkanes) is 1. The smallest absolute Gasteiger partial charge is 0.0431 e. The van der Waals surface area contributed by atoms with E-state index in [1.165, 1.54) is 45.2 Å². The van der Waals surface area contributed by atoms with Crippen LogP contribution in [0.25, 0.3) is 0 Å². The lowest BCUT2D eigenvalue weighted by Gasteiger charge is -2.12. The van der Waals surface area contributed by atoms with Gasteiger partial charge in [0, 0.05) is 6.61 Å². The Bertz CT molecular complexity index is 98.0. The quantitative estimate of drug-likeness (QED) is 0.629. The van der Waals surface area contributed by atoms with Crippen LogP contribution >= 0.6 is 0 Å². The maximum absolute atomic E-state index is 8.64. The van der Waals surface area contributed by atoms with Gasteiger partial charge in [-0.3, -0.25) is 0 Å². The van der Waals surface area contributed by atoms with Crippen molar-refractivity contribution in [3.05, 3.63) is 0 Å². The molecule has 0 aromatic carbocycles. The van der Waals surface area contributed by atoms with Gasteiger partial charge in [-0.25, -0.2) is 0 Å². The fourth-order valence-electron chi connectivity index (χ4n) is 1.88. The molecule has 1 rings (SSSR count). The molecule has 1 aliphatic rings. The standard InChI is InChI=1S/C10H21NO/c12-8-4-2-6-10-5-1-3-7-11-9-10/h10-12H,1-9H2. The van der Waals surface area contributed by atoms with E-state index in [1.807, 2.05) is 0 Å². The first kappa shape index (κ1) is 10.0. The molecule has 2 N–H and O–H groups in total. The van der Waals surface area contributed by atoms with Crippen LogP contribution in [0.5, 0.6) is 0 Å². The SMILES string of the molecule is OCCCCC1CCCCNC1. The Morgan fingerprint density at radius 3 is 3.00 bits per heavy atom. The monoisotopic (exact) mass is 171 g/mol. The predicted molar refractivity (Wildman–Crippen MR) is 51.1 cm³/mol. The van der Waals surface area contributed by atoms with E-state index >= 15 is 0 Å². The molecule has 0 aromatic rings. The Balaban J connectivity index is 2.04. The summed E-state index contributed by atoms with van der Waals surface area (Å²) in [5.41, 5.74) is 0. The highest BCUT2D eigenvalue weighted by molar-refractivity contribution is 4.67. The van der Waals surface area contributed by atoms with Gasteiger partial charge in [0.15, 0.2) is 0 Å². The zero-order chi connectivity index (χ0) is 8.65. The number of hydrogen-bond donors (Lipinski definition) is 2. The van der Waals surface area contributed by atoms with Crippen molar-refractivity contribution in [1.82, 2.24) is 5.32 Å². The van der Waals surface area contributed by atoms with E-state index in [2.05, 4.69) is 5.32 Å². The lowest BCUT2D eigenvalue weighted by atomic mass is 9.97. The normalized spacial score (nSPS) is 25.2. The summed E-state index contributed by atoms with van der Waals surface area (Å²) in [4.78, 5) is 0. The predicted octanol–water partition coefficient (Wildman–Crippen LogP) is 1.54. The van der Waals surface area contributed by atoms with Gasteiger partial charge in [0.25, 0.3) is 0 Å². The van der Waals surface area contributed by atoms with Gasteiger partial charge in [0.05, 0.1) is 0 Å². The van der Waals surface area contributed by atoms with Gasteiger partial charge in [-0.1, -0.05) is 12.8 Å². The van der Waals surface area contributed by atoms with E-state index in [1.54, 1.807) is 0 Å². The summed E-state index contributed by atoms with van der Waals surface area (Å²) in [7, 11) is 0. The van der Waals surface area contributed by atoms with Crippen LogP contribution in [0.3, 0.4) is 0 Å². The summed E-state index contributed by atoms with van der Waals surface area (Å²) in [6.07, 6.45) is 7.60. The van der Waals surface area contributed by atoms with Crippen molar-refractivity contribution in [3.8, 4) is 0 Å². The van der Waals surface area contributed by atoms with Crippen molar-refractivity contribution in [1.29, 1.82) is 0 Å². The van der Waals surface area contributed by atoms with Crippen molar-refractivity contribution in [2.75, 3.05) is 19.7 Å². The highest BCUT2D eigenvalue weighted by Crippen LogP contribution is 2.17. The molecule has 1 fully saturated rings. The molecule has 0 bridgehead atoms. The summed E-state index contributed by atoms with van der Waals surface area (Å²) < 4.78 is 0. The summed E-state index contributed by atoms with van der Waals surface area (Å²) in [6, 6.07) is 0.